The van der Waals surface area contributed by atoms with Gasteiger partial charge in [-0.3, -0.25) is 9.59 Å². The van der Waals surface area contributed by atoms with Crippen molar-refractivity contribution in [3.63, 3.8) is 0 Å². The van der Waals surface area contributed by atoms with Crippen molar-refractivity contribution in [3.8, 4) is 5.69 Å². The second-order valence-electron chi connectivity index (χ2n) is 6.68. The lowest BCUT2D eigenvalue weighted by Crippen LogP contribution is -2.28. The summed E-state index contributed by atoms with van der Waals surface area (Å²) in [7, 11) is 0. The molecule has 0 aliphatic carbocycles. The van der Waals surface area contributed by atoms with Gasteiger partial charge in [0.2, 0.25) is 5.91 Å². The molecule has 3 aromatic rings. The average Bonchev–Trinajstić information content (AvgIpc) is 3.17. The van der Waals surface area contributed by atoms with E-state index in [0.29, 0.717) is 10.7 Å². The van der Waals surface area contributed by atoms with Crippen LogP contribution in [-0.4, -0.2) is 21.5 Å². The summed E-state index contributed by atoms with van der Waals surface area (Å²) in [5.41, 5.74) is 3.57. The van der Waals surface area contributed by atoms with E-state index < -0.39 is 5.92 Å². The van der Waals surface area contributed by atoms with Crippen LogP contribution >= 0.6 is 11.3 Å². The molecule has 3 heterocycles. The molecule has 0 saturated carbocycles. The number of anilines is 1. The third-order valence-corrected chi connectivity index (χ3v) is 5.66. The number of nitrogens with one attached hydrogen (secondary N) is 1. The van der Waals surface area contributed by atoms with Crippen molar-refractivity contribution in [3.05, 3.63) is 63.0 Å². The number of nitrogens with zero attached hydrogens (tertiary/aromatic N) is 2. The minimum atomic E-state index is -0.490. The van der Waals surface area contributed by atoms with Crippen LogP contribution < -0.4 is 5.32 Å². The van der Waals surface area contributed by atoms with E-state index >= 15 is 0 Å². The fourth-order valence-electron chi connectivity index (χ4n) is 3.46. The van der Waals surface area contributed by atoms with Gasteiger partial charge in [0.15, 0.2) is 5.78 Å². The van der Waals surface area contributed by atoms with E-state index in [1.807, 2.05) is 57.2 Å². The van der Waals surface area contributed by atoms with E-state index in [4.69, 9.17) is 0 Å². The lowest BCUT2D eigenvalue weighted by atomic mass is 9.87. The highest BCUT2D eigenvalue weighted by Gasteiger charge is 2.36. The minimum absolute atomic E-state index is 0.00825. The van der Waals surface area contributed by atoms with Crippen LogP contribution in [0, 0.1) is 20.8 Å². The van der Waals surface area contributed by atoms with E-state index in [-0.39, 0.29) is 18.1 Å². The first kappa shape index (κ1) is 16.7. The molecule has 4 rings (SSSR count). The van der Waals surface area contributed by atoms with Gasteiger partial charge in [-0.25, -0.2) is 4.68 Å². The van der Waals surface area contributed by atoms with Gasteiger partial charge in [0, 0.05) is 16.9 Å². The van der Waals surface area contributed by atoms with Crippen LogP contribution in [0.3, 0.4) is 0 Å². The first-order chi connectivity index (χ1) is 12.4. The molecular weight excluding hydrogens is 346 g/mol. The molecule has 26 heavy (non-hydrogen) atoms. The Kier molecular flexibility index (Phi) is 4.00. The summed E-state index contributed by atoms with van der Waals surface area (Å²) in [5, 5.41) is 7.54. The predicted molar refractivity (Wildman–Crippen MR) is 102 cm³/mol. The molecule has 132 valence electrons. The third kappa shape index (κ3) is 2.76. The molecule has 1 aromatic carbocycles. The Morgan fingerprint density at radius 3 is 2.73 bits per heavy atom. The zero-order chi connectivity index (χ0) is 18.4. The number of hydrogen-bond donors (Lipinski definition) is 1. The summed E-state index contributed by atoms with van der Waals surface area (Å²) >= 11 is 1.47. The number of carbonyl (C=O) groups is 2. The molecule has 1 N–H and O–H groups in total. The van der Waals surface area contributed by atoms with E-state index in [2.05, 4.69) is 10.4 Å². The Morgan fingerprint density at radius 1 is 1.23 bits per heavy atom. The van der Waals surface area contributed by atoms with Gasteiger partial charge in [0.1, 0.15) is 5.82 Å². The highest BCUT2D eigenvalue weighted by Crippen LogP contribution is 2.39. The first-order valence-corrected chi connectivity index (χ1v) is 9.33. The Labute approximate surface area is 155 Å². The number of thiophene rings is 1. The summed E-state index contributed by atoms with van der Waals surface area (Å²) in [4.78, 5) is 27.2. The van der Waals surface area contributed by atoms with Crippen LogP contribution in [0.2, 0.25) is 0 Å². The number of Topliss-reactive ketones (excluding diaryl/α,β-unsaturated/α-hetero) is 1. The Bertz CT molecular complexity index is 1030. The highest BCUT2D eigenvalue weighted by atomic mass is 32.1. The molecule has 0 saturated heterocycles. The number of carbonyl (C=O) groups excluding carboxylic acids is 2. The van der Waals surface area contributed by atoms with Gasteiger partial charge < -0.3 is 5.32 Å². The number of hydrogen-bond acceptors (Lipinski definition) is 4. The van der Waals surface area contributed by atoms with Crippen molar-refractivity contribution < 1.29 is 9.59 Å². The van der Waals surface area contributed by atoms with Crippen LogP contribution in [0.25, 0.3) is 5.69 Å². The molecule has 2 aromatic heterocycles. The predicted octanol–water partition coefficient (Wildman–Crippen LogP) is 4.17. The average molecular weight is 365 g/mol. The molecule has 1 aliphatic heterocycles. The van der Waals surface area contributed by atoms with E-state index in [1.165, 1.54) is 11.3 Å². The molecule has 0 radical (unpaired) electrons. The normalized spacial score (nSPS) is 16.3. The summed E-state index contributed by atoms with van der Waals surface area (Å²) in [5.74, 6) is -0.0460. The zero-order valence-corrected chi connectivity index (χ0v) is 15.7. The van der Waals surface area contributed by atoms with Crippen LogP contribution in [0.5, 0.6) is 0 Å². The summed E-state index contributed by atoms with van der Waals surface area (Å²) < 4.78 is 1.73. The number of rotatable bonds is 3. The lowest BCUT2D eigenvalue weighted by Gasteiger charge is -2.22. The van der Waals surface area contributed by atoms with E-state index in [1.54, 1.807) is 4.68 Å². The SMILES string of the molecule is Cc1cccc(-n2nc(C)c3c2NC(=O)CC3C(=O)c2ccc(C)s2)c1. The highest BCUT2D eigenvalue weighted by molar-refractivity contribution is 7.14. The number of amides is 1. The fraction of sp³-hybridized carbons (Fsp3) is 0.250. The molecule has 6 heteroatoms. The van der Waals surface area contributed by atoms with Gasteiger partial charge in [0.05, 0.1) is 22.2 Å². The Morgan fingerprint density at radius 2 is 2.04 bits per heavy atom. The smallest absolute Gasteiger partial charge is 0.226 e. The molecule has 1 unspecified atom stereocenters. The van der Waals surface area contributed by atoms with Crippen molar-refractivity contribution in [1.29, 1.82) is 0 Å². The number of ketones is 1. The quantitative estimate of drug-likeness (QED) is 0.709. The standard InChI is InChI=1S/C20H19N3O2S/c1-11-5-4-6-14(9-11)23-20-18(13(3)22-23)15(10-17(24)21-20)19(25)16-8-7-12(2)26-16/h4-9,15H,10H2,1-3H3,(H,21,24). The van der Waals surface area contributed by atoms with Crippen LogP contribution in [0.15, 0.2) is 36.4 Å². The van der Waals surface area contributed by atoms with Crippen LogP contribution in [0.1, 0.15) is 43.7 Å². The second-order valence-corrected chi connectivity index (χ2v) is 7.97. The van der Waals surface area contributed by atoms with Gasteiger partial charge in [0.25, 0.3) is 0 Å². The number of aromatic nitrogens is 2. The molecule has 1 amide bonds. The van der Waals surface area contributed by atoms with Crippen molar-refractivity contribution in [2.24, 2.45) is 0 Å². The Hall–Kier alpha value is -2.73. The molecule has 1 aliphatic rings. The lowest BCUT2D eigenvalue weighted by molar-refractivity contribution is -0.116. The van der Waals surface area contributed by atoms with Gasteiger partial charge in [-0.05, 0) is 50.6 Å². The maximum Gasteiger partial charge on any atom is 0.226 e. The van der Waals surface area contributed by atoms with Crippen molar-refractivity contribution in [1.82, 2.24) is 9.78 Å². The van der Waals surface area contributed by atoms with Crippen molar-refractivity contribution >= 4 is 28.8 Å². The second kappa shape index (κ2) is 6.21. The molecular formula is C20H19N3O2S. The first-order valence-electron chi connectivity index (χ1n) is 8.51. The summed E-state index contributed by atoms with van der Waals surface area (Å²) in [6.07, 6.45) is 0.156. The number of fused-ring (bicyclic) bond motifs is 1. The number of benzene rings is 1. The van der Waals surface area contributed by atoms with Crippen LogP contribution in [0.4, 0.5) is 5.82 Å². The van der Waals surface area contributed by atoms with Crippen molar-refractivity contribution in [2.45, 2.75) is 33.1 Å². The topological polar surface area (TPSA) is 64.0 Å². The van der Waals surface area contributed by atoms with Gasteiger partial charge in [-0.1, -0.05) is 12.1 Å². The summed E-state index contributed by atoms with van der Waals surface area (Å²) in [6, 6.07) is 11.7. The van der Waals surface area contributed by atoms with E-state index in [0.717, 1.165) is 27.4 Å². The largest absolute Gasteiger partial charge is 0.310 e. The molecule has 0 spiro atoms. The Balaban J connectivity index is 1.83. The number of aryl methyl sites for hydroxylation is 3. The zero-order valence-electron chi connectivity index (χ0n) is 14.9. The van der Waals surface area contributed by atoms with Crippen LogP contribution in [-0.2, 0) is 4.79 Å². The maximum atomic E-state index is 13.1. The van der Waals surface area contributed by atoms with Gasteiger partial charge in [-0.2, -0.15) is 5.10 Å². The minimum Gasteiger partial charge on any atom is -0.310 e. The van der Waals surface area contributed by atoms with Gasteiger partial charge in [-0.15, -0.1) is 11.3 Å². The van der Waals surface area contributed by atoms with E-state index in [9.17, 15) is 9.59 Å². The fourth-order valence-corrected chi connectivity index (χ4v) is 4.32. The third-order valence-electron chi connectivity index (χ3n) is 4.65. The molecule has 0 fully saturated rings. The summed E-state index contributed by atoms with van der Waals surface area (Å²) in [6.45, 7) is 5.88. The maximum absolute atomic E-state index is 13.1. The molecule has 1 atom stereocenters. The van der Waals surface area contributed by atoms with Crippen molar-refractivity contribution in [2.75, 3.05) is 5.32 Å². The molecule has 5 nitrogen and oxygen atoms in total. The monoisotopic (exact) mass is 365 g/mol. The molecule has 0 bridgehead atoms. The van der Waals surface area contributed by atoms with Gasteiger partial charge >= 0.3 is 0 Å².